The molecule has 1 aliphatic rings. The average Bonchev–Trinajstić information content (AvgIpc) is 3.30. The van der Waals surface area contributed by atoms with E-state index in [0.717, 1.165) is 5.56 Å². The Hall–Kier alpha value is -3.59. The van der Waals surface area contributed by atoms with Gasteiger partial charge in [-0.3, -0.25) is 9.10 Å². The summed E-state index contributed by atoms with van der Waals surface area (Å²) in [7, 11) is -2.44. The highest BCUT2D eigenvalue weighted by atomic mass is 32.2. The van der Waals surface area contributed by atoms with Crippen molar-refractivity contribution in [3.63, 3.8) is 0 Å². The van der Waals surface area contributed by atoms with Crippen molar-refractivity contribution in [2.75, 3.05) is 16.7 Å². The number of hydrogen-bond acceptors (Lipinski definition) is 6. The normalized spacial score (nSPS) is 15.6. The van der Waals surface area contributed by atoms with E-state index in [0.29, 0.717) is 34.8 Å². The van der Waals surface area contributed by atoms with E-state index < -0.39 is 10.0 Å². The molecule has 0 fully saturated rings. The van der Waals surface area contributed by atoms with Crippen LogP contribution < -0.4 is 14.4 Å². The van der Waals surface area contributed by atoms with Gasteiger partial charge in [-0.05, 0) is 55.7 Å². The van der Waals surface area contributed by atoms with E-state index in [1.54, 1.807) is 37.3 Å². The zero-order chi connectivity index (χ0) is 23.8. The van der Waals surface area contributed by atoms with Crippen molar-refractivity contribution < 1.29 is 22.5 Å². The van der Waals surface area contributed by atoms with Gasteiger partial charge in [0.05, 0.1) is 12.8 Å². The Morgan fingerprint density at radius 1 is 1.24 bits per heavy atom. The minimum absolute atomic E-state index is 0.0755. The summed E-state index contributed by atoms with van der Waals surface area (Å²) in [4.78, 5) is 11.5. The first-order valence-electron chi connectivity index (χ1n) is 10.4. The molecule has 1 amide bonds. The number of benzene rings is 2. The molecule has 1 aromatic heterocycles. The van der Waals surface area contributed by atoms with E-state index in [-0.39, 0.29) is 22.6 Å². The van der Waals surface area contributed by atoms with Crippen molar-refractivity contribution in [1.82, 2.24) is 5.16 Å². The average molecular weight is 468 g/mol. The minimum atomic E-state index is -3.89. The number of sulfonamides is 1. The Kier molecular flexibility index (Phi) is 5.99. The van der Waals surface area contributed by atoms with Crippen LogP contribution >= 0.6 is 0 Å². The van der Waals surface area contributed by atoms with Gasteiger partial charge in [0.25, 0.3) is 10.0 Å². The van der Waals surface area contributed by atoms with Crippen LogP contribution in [0.4, 0.5) is 11.4 Å². The molecular weight excluding hydrogens is 442 g/mol. The minimum Gasteiger partial charge on any atom is -0.495 e. The van der Waals surface area contributed by atoms with Gasteiger partial charge in [-0.25, -0.2) is 8.42 Å². The second kappa shape index (κ2) is 8.74. The van der Waals surface area contributed by atoms with Crippen LogP contribution in [0.5, 0.6) is 5.75 Å². The third-order valence-corrected chi connectivity index (χ3v) is 7.44. The number of aromatic nitrogens is 1. The summed E-state index contributed by atoms with van der Waals surface area (Å²) in [5, 5.41) is 6.58. The molecule has 4 rings (SSSR count). The van der Waals surface area contributed by atoms with Gasteiger partial charge < -0.3 is 14.6 Å². The van der Waals surface area contributed by atoms with Crippen molar-refractivity contribution in [2.45, 2.75) is 38.1 Å². The van der Waals surface area contributed by atoms with Gasteiger partial charge in [0.15, 0.2) is 5.76 Å². The fraction of sp³-hybridized carbons (Fsp3) is 0.250. The summed E-state index contributed by atoms with van der Waals surface area (Å²) in [5.41, 5.74) is 3.32. The number of methoxy groups -OCH3 is 1. The molecule has 0 unspecified atom stereocenters. The maximum absolute atomic E-state index is 13.7. The molecule has 1 aliphatic heterocycles. The third-order valence-electron chi connectivity index (χ3n) is 5.49. The van der Waals surface area contributed by atoms with Crippen LogP contribution in [0.25, 0.3) is 12.2 Å². The quantitative estimate of drug-likeness (QED) is 0.581. The molecule has 0 aliphatic carbocycles. The highest BCUT2D eigenvalue weighted by molar-refractivity contribution is 7.93. The summed E-state index contributed by atoms with van der Waals surface area (Å²) in [6.45, 7) is 5.01. The molecular formula is C24H25N3O5S. The Bertz CT molecular complexity index is 1340. The number of carbonyl (C=O) groups excluding carboxylic acids is 1. The summed E-state index contributed by atoms with van der Waals surface area (Å²) >= 11 is 0. The Labute approximate surface area is 192 Å². The lowest BCUT2D eigenvalue weighted by molar-refractivity contribution is -0.114. The number of rotatable bonds is 6. The summed E-state index contributed by atoms with van der Waals surface area (Å²) in [6, 6.07) is 12.2. The maximum Gasteiger partial charge on any atom is 0.268 e. The second-order valence-corrected chi connectivity index (χ2v) is 9.70. The Morgan fingerprint density at radius 2 is 2.00 bits per heavy atom. The summed E-state index contributed by atoms with van der Waals surface area (Å²) < 4.78 is 39.6. The lowest BCUT2D eigenvalue weighted by Gasteiger charge is -2.25. The Morgan fingerprint density at radius 3 is 2.73 bits per heavy atom. The van der Waals surface area contributed by atoms with Crippen molar-refractivity contribution in [3.05, 3.63) is 65.0 Å². The predicted molar refractivity (Wildman–Crippen MR) is 127 cm³/mol. The van der Waals surface area contributed by atoms with E-state index in [1.807, 2.05) is 31.2 Å². The van der Waals surface area contributed by atoms with Crippen LogP contribution in [0.3, 0.4) is 0 Å². The lowest BCUT2D eigenvalue weighted by atomic mass is 10.1. The van der Waals surface area contributed by atoms with Crippen molar-refractivity contribution in [1.29, 1.82) is 0 Å². The van der Waals surface area contributed by atoms with Crippen LogP contribution in [0, 0.1) is 6.92 Å². The van der Waals surface area contributed by atoms with Crippen LogP contribution in [0.15, 0.2) is 51.9 Å². The third kappa shape index (κ3) is 4.23. The highest BCUT2D eigenvalue weighted by Gasteiger charge is 2.37. The predicted octanol–water partition coefficient (Wildman–Crippen LogP) is 4.26. The number of ether oxygens (including phenoxy) is 1. The van der Waals surface area contributed by atoms with Gasteiger partial charge in [-0.15, -0.1) is 0 Å². The van der Waals surface area contributed by atoms with E-state index >= 15 is 0 Å². The smallest absolute Gasteiger partial charge is 0.268 e. The number of fused-ring (bicyclic) bond motifs is 1. The molecule has 2 aromatic carbocycles. The number of para-hydroxylation sites is 1. The van der Waals surface area contributed by atoms with Gasteiger partial charge in [-0.1, -0.05) is 35.5 Å². The second-order valence-electron chi connectivity index (χ2n) is 7.91. The van der Waals surface area contributed by atoms with Crippen molar-refractivity contribution in [3.8, 4) is 5.75 Å². The number of aryl methyl sites for hydroxylation is 1. The molecule has 0 radical (unpaired) electrons. The first-order chi connectivity index (χ1) is 15.7. The van der Waals surface area contributed by atoms with Crippen LogP contribution in [0.1, 0.15) is 36.4 Å². The maximum atomic E-state index is 13.7. The van der Waals surface area contributed by atoms with Gasteiger partial charge in [0.2, 0.25) is 5.91 Å². The molecule has 0 saturated heterocycles. The molecule has 0 spiro atoms. The number of nitrogens with one attached hydrogen (secondary N) is 1. The van der Waals surface area contributed by atoms with Crippen molar-refractivity contribution >= 4 is 39.5 Å². The molecule has 33 heavy (non-hydrogen) atoms. The van der Waals surface area contributed by atoms with E-state index in [2.05, 4.69) is 10.5 Å². The lowest BCUT2D eigenvalue weighted by Crippen LogP contribution is -2.36. The molecule has 0 saturated carbocycles. The number of anilines is 2. The molecule has 8 nitrogen and oxygen atoms in total. The molecule has 1 N–H and O–H groups in total. The SMILES string of the molecule is COc1ccc(/C=C\c2onc(C)c2NC(C)=O)cc1S(=O)(=O)N1c2ccccc2C[C@H]1C. The summed E-state index contributed by atoms with van der Waals surface area (Å²) in [6.07, 6.45) is 3.98. The number of carbonyl (C=O) groups is 1. The van der Waals surface area contributed by atoms with Crippen LogP contribution in [-0.4, -0.2) is 32.6 Å². The molecule has 1 atom stereocenters. The fourth-order valence-corrected chi connectivity index (χ4v) is 5.90. The van der Waals surface area contributed by atoms with Crippen molar-refractivity contribution in [2.24, 2.45) is 0 Å². The van der Waals surface area contributed by atoms with Crippen LogP contribution in [-0.2, 0) is 21.2 Å². The first kappa shape index (κ1) is 22.6. The number of amides is 1. The zero-order valence-electron chi connectivity index (χ0n) is 18.8. The number of nitrogens with zero attached hydrogens (tertiary/aromatic N) is 2. The molecule has 9 heteroatoms. The monoisotopic (exact) mass is 467 g/mol. The van der Waals surface area contributed by atoms with E-state index in [4.69, 9.17) is 9.26 Å². The highest BCUT2D eigenvalue weighted by Crippen LogP contribution is 2.39. The first-order valence-corrected chi connectivity index (χ1v) is 11.9. The van der Waals surface area contributed by atoms with Gasteiger partial charge in [-0.2, -0.15) is 0 Å². The van der Waals surface area contributed by atoms with E-state index in [9.17, 15) is 13.2 Å². The standard InChI is InChI=1S/C24H25N3O5S/c1-15-13-19-7-5-6-8-20(19)27(15)33(29,30)23-14-18(9-11-21(23)31-4)10-12-22-24(25-17(3)28)16(2)26-32-22/h5-12,14-15H,13H2,1-4H3,(H,25,28)/b12-10-/t15-/m1/s1. The van der Waals surface area contributed by atoms with Gasteiger partial charge in [0.1, 0.15) is 22.0 Å². The summed E-state index contributed by atoms with van der Waals surface area (Å²) in [5.74, 6) is 0.386. The molecule has 0 bridgehead atoms. The topological polar surface area (TPSA) is 102 Å². The van der Waals surface area contributed by atoms with Gasteiger partial charge >= 0.3 is 0 Å². The molecule has 172 valence electrons. The van der Waals surface area contributed by atoms with E-state index in [1.165, 1.54) is 18.3 Å². The largest absolute Gasteiger partial charge is 0.495 e. The molecule has 2 heterocycles. The zero-order valence-corrected chi connectivity index (χ0v) is 19.6. The number of hydrogen-bond donors (Lipinski definition) is 1. The van der Waals surface area contributed by atoms with Gasteiger partial charge in [0, 0.05) is 13.0 Å². The fourth-order valence-electron chi connectivity index (χ4n) is 4.01. The molecule has 3 aromatic rings. The Balaban J connectivity index is 1.73. The van der Waals surface area contributed by atoms with Crippen LogP contribution in [0.2, 0.25) is 0 Å².